The molecule has 0 spiro atoms. The van der Waals surface area contributed by atoms with Crippen molar-refractivity contribution in [2.45, 2.75) is 25.8 Å². The fourth-order valence-electron chi connectivity index (χ4n) is 3.31. The summed E-state index contributed by atoms with van der Waals surface area (Å²) in [5, 5.41) is 13.9. The van der Waals surface area contributed by atoms with Crippen LogP contribution in [-0.2, 0) is 13.0 Å². The van der Waals surface area contributed by atoms with Gasteiger partial charge in [-0.25, -0.2) is 0 Å². The smallest absolute Gasteiger partial charge is 0.267 e. The standard InChI is InChI=1S/C18H23N3O3/c1-20(2)10-5-9-19-17(23)14-16(22)13-8-3-6-12-7-4-11-21(15(12)13)18(14)24/h3,6,8,22H,4-5,7,9-11H2,1-2H3,(H,19,23). The van der Waals surface area contributed by atoms with E-state index in [1.165, 1.54) is 0 Å². The van der Waals surface area contributed by atoms with Gasteiger partial charge in [-0.3, -0.25) is 9.59 Å². The van der Waals surface area contributed by atoms with Gasteiger partial charge in [-0.2, -0.15) is 0 Å². The Hall–Kier alpha value is -2.34. The summed E-state index contributed by atoms with van der Waals surface area (Å²) in [6, 6.07) is 5.59. The lowest BCUT2D eigenvalue weighted by atomic mass is 9.99. The van der Waals surface area contributed by atoms with Gasteiger partial charge in [-0.15, -0.1) is 0 Å². The number of benzene rings is 1. The summed E-state index contributed by atoms with van der Waals surface area (Å²) in [7, 11) is 3.93. The zero-order chi connectivity index (χ0) is 17.3. The Kier molecular flexibility index (Phi) is 4.57. The second-order valence-corrected chi connectivity index (χ2v) is 6.51. The number of hydrogen-bond acceptors (Lipinski definition) is 4. The average molecular weight is 329 g/mol. The highest BCUT2D eigenvalue weighted by atomic mass is 16.3. The Labute approximate surface area is 140 Å². The normalized spacial score (nSPS) is 13.5. The fourth-order valence-corrected chi connectivity index (χ4v) is 3.31. The van der Waals surface area contributed by atoms with Gasteiger partial charge >= 0.3 is 0 Å². The molecule has 1 aliphatic rings. The molecule has 0 fully saturated rings. The molecule has 1 amide bonds. The van der Waals surface area contributed by atoms with Crippen molar-refractivity contribution >= 4 is 16.8 Å². The maximum absolute atomic E-state index is 12.7. The van der Waals surface area contributed by atoms with E-state index in [0.717, 1.165) is 36.9 Å². The van der Waals surface area contributed by atoms with Crippen LogP contribution in [0, 0.1) is 0 Å². The topological polar surface area (TPSA) is 74.6 Å². The molecule has 0 aliphatic carbocycles. The molecule has 1 aliphatic heterocycles. The quantitative estimate of drug-likeness (QED) is 0.812. The lowest BCUT2D eigenvalue weighted by Crippen LogP contribution is -2.35. The molecule has 2 aromatic rings. The van der Waals surface area contributed by atoms with Crippen molar-refractivity contribution in [2.75, 3.05) is 27.2 Å². The van der Waals surface area contributed by atoms with Crippen molar-refractivity contribution in [1.29, 1.82) is 0 Å². The fraction of sp³-hybridized carbons (Fsp3) is 0.444. The van der Waals surface area contributed by atoms with Gasteiger partial charge in [0.25, 0.3) is 11.5 Å². The number of hydrogen-bond donors (Lipinski definition) is 2. The molecule has 24 heavy (non-hydrogen) atoms. The molecule has 6 nitrogen and oxygen atoms in total. The van der Waals surface area contributed by atoms with Crippen molar-refractivity contribution in [1.82, 2.24) is 14.8 Å². The van der Waals surface area contributed by atoms with Crippen LogP contribution in [0.4, 0.5) is 0 Å². The van der Waals surface area contributed by atoms with Crippen molar-refractivity contribution in [3.05, 3.63) is 39.7 Å². The minimum Gasteiger partial charge on any atom is -0.506 e. The summed E-state index contributed by atoms with van der Waals surface area (Å²) < 4.78 is 1.63. The van der Waals surface area contributed by atoms with Crippen LogP contribution in [0.1, 0.15) is 28.8 Å². The molecule has 0 radical (unpaired) electrons. The number of aromatic hydroxyl groups is 1. The first kappa shape index (κ1) is 16.5. The minimum absolute atomic E-state index is 0.147. The van der Waals surface area contributed by atoms with Crippen molar-refractivity contribution < 1.29 is 9.90 Å². The molecule has 2 heterocycles. The molecule has 1 aromatic heterocycles. The monoisotopic (exact) mass is 329 g/mol. The second kappa shape index (κ2) is 6.65. The van der Waals surface area contributed by atoms with Crippen LogP contribution in [0.5, 0.6) is 5.75 Å². The Bertz CT molecular complexity index is 839. The summed E-state index contributed by atoms with van der Waals surface area (Å²) in [6.45, 7) is 1.89. The van der Waals surface area contributed by atoms with Gasteiger partial charge in [-0.1, -0.05) is 12.1 Å². The van der Waals surface area contributed by atoms with Crippen LogP contribution in [0.15, 0.2) is 23.0 Å². The zero-order valence-electron chi connectivity index (χ0n) is 14.1. The number of nitrogens with zero attached hydrogens (tertiary/aromatic N) is 2. The molecule has 1 aromatic carbocycles. The number of rotatable bonds is 5. The maximum Gasteiger partial charge on any atom is 0.267 e. The number of pyridine rings is 1. The Balaban J connectivity index is 1.97. The first-order valence-corrected chi connectivity index (χ1v) is 8.31. The SMILES string of the molecule is CN(C)CCCNC(=O)c1c(O)c2cccc3c2n(c1=O)CCC3. The van der Waals surface area contributed by atoms with Gasteiger partial charge in [0.05, 0.1) is 5.52 Å². The molecule has 0 bridgehead atoms. The van der Waals surface area contributed by atoms with E-state index in [1.807, 2.05) is 31.1 Å². The number of aromatic nitrogens is 1. The van der Waals surface area contributed by atoms with E-state index < -0.39 is 11.5 Å². The van der Waals surface area contributed by atoms with E-state index in [-0.39, 0.29) is 11.3 Å². The highest BCUT2D eigenvalue weighted by Crippen LogP contribution is 2.31. The summed E-state index contributed by atoms with van der Waals surface area (Å²) in [5.41, 5.74) is 1.25. The summed E-state index contributed by atoms with van der Waals surface area (Å²) in [4.78, 5) is 27.2. The number of para-hydroxylation sites is 1. The van der Waals surface area contributed by atoms with E-state index in [2.05, 4.69) is 5.32 Å². The predicted molar refractivity (Wildman–Crippen MR) is 93.7 cm³/mol. The minimum atomic E-state index is -0.502. The number of carbonyl (C=O) groups excluding carboxylic acids is 1. The van der Waals surface area contributed by atoms with Gasteiger partial charge in [0.15, 0.2) is 0 Å². The molecule has 0 atom stereocenters. The molecule has 0 unspecified atom stereocenters. The Morgan fingerprint density at radius 2 is 2.17 bits per heavy atom. The molecular weight excluding hydrogens is 306 g/mol. The Morgan fingerprint density at radius 1 is 1.38 bits per heavy atom. The van der Waals surface area contributed by atoms with Gasteiger partial charge in [0.1, 0.15) is 11.3 Å². The van der Waals surface area contributed by atoms with E-state index in [0.29, 0.717) is 18.5 Å². The maximum atomic E-state index is 12.7. The van der Waals surface area contributed by atoms with Crippen LogP contribution >= 0.6 is 0 Å². The third kappa shape index (κ3) is 2.89. The van der Waals surface area contributed by atoms with E-state index in [4.69, 9.17) is 0 Å². The molecule has 2 N–H and O–H groups in total. The van der Waals surface area contributed by atoms with E-state index in [9.17, 15) is 14.7 Å². The van der Waals surface area contributed by atoms with Gasteiger partial charge in [-0.05, 0) is 51.5 Å². The first-order chi connectivity index (χ1) is 11.5. The van der Waals surface area contributed by atoms with Crippen molar-refractivity contribution in [3.63, 3.8) is 0 Å². The van der Waals surface area contributed by atoms with Crippen LogP contribution in [0.2, 0.25) is 0 Å². The molecule has 3 rings (SSSR count). The highest BCUT2D eigenvalue weighted by Gasteiger charge is 2.24. The van der Waals surface area contributed by atoms with Crippen LogP contribution < -0.4 is 10.9 Å². The predicted octanol–water partition coefficient (Wildman–Crippen LogP) is 1.33. The molecule has 128 valence electrons. The second-order valence-electron chi connectivity index (χ2n) is 6.51. The third-order valence-electron chi connectivity index (χ3n) is 4.46. The molecule has 0 saturated heterocycles. The number of aryl methyl sites for hydroxylation is 2. The van der Waals surface area contributed by atoms with Crippen LogP contribution in [0.3, 0.4) is 0 Å². The Morgan fingerprint density at radius 3 is 2.92 bits per heavy atom. The van der Waals surface area contributed by atoms with E-state index in [1.54, 1.807) is 10.6 Å². The molecule has 0 saturated carbocycles. The van der Waals surface area contributed by atoms with Gasteiger partial charge in [0, 0.05) is 18.5 Å². The molecular formula is C18H23N3O3. The summed E-state index contributed by atoms with van der Waals surface area (Å²) in [6.07, 6.45) is 2.53. The third-order valence-corrected chi connectivity index (χ3v) is 4.46. The lowest BCUT2D eigenvalue weighted by molar-refractivity contribution is 0.0947. The zero-order valence-corrected chi connectivity index (χ0v) is 14.1. The van der Waals surface area contributed by atoms with Crippen LogP contribution in [0.25, 0.3) is 10.9 Å². The average Bonchev–Trinajstić information content (AvgIpc) is 2.56. The number of nitrogens with one attached hydrogen (secondary N) is 1. The van der Waals surface area contributed by atoms with Crippen molar-refractivity contribution in [2.24, 2.45) is 0 Å². The van der Waals surface area contributed by atoms with Crippen LogP contribution in [-0.4, -0.2) is 47.7 Å². The van der Waals surface area contributed by atoms with Gasteiger partial charge in [0.2, 0.25) is 0 Å². The number of carbonyl (C=O) groups is 1. The van der Waals surface area contributed by atoms with E-state index >= 15 is 0 Å². The largest absolute Gasteiger partial charge is 0.506 e. The molecule has 6 heteroatoms. The lowest BCUT2D eigenvalue weighted by Gasteiger charge is -2.21. The summed E-state index contributed by atoms with van der Waals surface area (Å²) in [5.74, 6) is -0.710. The highest BCUT2D eigenvalue weighted by molar-refractivity contribution is 6.02. The van der Waals surface area contributed by atoms with Crippen molar-refractivity contribution in [3.8, 4) is 5.75 Å². The number of amides is 1. The van der Waals surface area contributed by atoms with Gasteiger partial charge < -0.3 is 19.9 Å². The first-order valence-electron chi connectivity index (χ1n) is 8.31. The summed E-state index contributed by atoms with van der Waals surface area (Å²) >= 11 is 0.